The van der Waals surface area contributed by atoms with Gasteiger partial charge in [-0.15, -0.1) is 0 Å². The molecule has 1 atom stereocenters. The van der Waals surface area contributed by atoms with Crippen LogP contribution in [0, 0.1) is 0 Å². The van der Waals surface area contributed by atoms with Crippen molar-refractivity contribution in [2.75, 3.05) is 12.4 Å². The monoisotopic (exact) mass is 174 g/mol. The molecule has 2 nitrogen and oxygen atoms in total. The molecule has 1 heterocycles. The van der Waals surface area contributed by atoms with Crippen molar-refractivity contribution in [1.29, 1.82) is 0 Å². The minimum Gasteiger partial charge on any atom is -0.377 e. The van der Waals surface area contributed by atoms with Gasteiger partial charge in [-0.1, -0.05) is 11.8 Å². The van der Waals surface area contributed by atoms with E-state index in [-0.39, 0.29) is 5.12 Å². The van der Waals surface area contributed by atoms with Gasteiger partial charge in [-0.3, -0.25) is 4.79 Å². The Labute approximate surface area is 71.7 Å². The van der Waals surface area contributed by atoms with E-state index in [1.54, 1.807) is 6.92 Å². The van der Waals surface area contributed by atoms with Crippen LogP contribution < -0.4 is 0 Å². The number of ether oxygens (including phenoxy) is 1. The third-order valence-electron chi connectivity index (χ3n) is 1.75. The first-order valence-corrected chi connectivity index (χ1v) is 5.02. The molecule has 1 fully saturated rings. The van der Waals surface area contributed by atoms with E-state index in [0.717, 1.165) is 18.8 Å². The highest BCUT2D eigenvalue weighted by molar-refractivity contribution is 8.13. The number of carbonyl (C=O) groups is 1. The fraction of sp³-hybridized carbons (Fsp3) is 0.875. The van der Waals surface area contributed by atoms with Crippen LogP contribution in [0.15, 0.2) is 0 Å². The topological polar surface area (TPSA) is 26.3 Å². The average Bonchev–Trinajstić information content (AvgIpc) is 2.03. The van der Waals surface area contributed by atoms with E-state index in [0.29, 0.717) is 6.10 Å². The van der Waals surface area contributed by atoms with Crippen molar-refractivity contribution in [2.24, 2.45) is 0 Å². The van der Waals surface area contributed by atoms with Gasteiger partial charge in [-0.05, 0) is 19.3 Å². The first kappa shape index (κ1) is 9.07. The molecule has 1 aliphatic rings. The van der Waals surface area contributed by atoms with Gasteiger partial charge in [-0.2, -0.15) is 0 Å². The summed E-state index contributed by atoms with van der Waals surface area (Å²) in [4.78, 5) is 10.6. The molecule has 0 amide bonds. The SMILES string of the molecule is CC(=O)SC[C@H]1CCCCO1. The second kappa shape index (κ2) is 4.78. The van der Waals surface area contributed by atoms with Gasteiger partial charge < -0.3 is 4.74 Å². The molecule has 1 saturated heterocycles. The molecule has 0 saturated carbocycles. The zero-order chi connectivity index (χ0) is 8.10. The van der Waals surface area contributed by atoms with E-state index >= 15 is 0 Å². The smallest absolute Gasteiger partial charge is 0.185 e. The lowest BCUT2D eigenvalue weighted by Gasteiger charge is -2.21. The molecule has 11 heavy (non-hydrogen) atoms. The molecular formula is C8H14O2S. The number of hydrogen-bond acceptors (Lipinski definition) is 3. The summed E-state index contributed by atoms with van der Waals surface area (Å²) in [6.45, 7) is 2.48. The van der Waals surface area contributed by atoms with Crippen LogP contribution in [0.3, 0.4) is 0 Å². The maximum atomic E-state index is 10.6. The molecule has 1 rings (SSSR count). The van der Waals surface area contributed by atoms with Gasteiger partial charge in [0.05, 0.1) is 6.10 Å². The lowest BCUT2D eigenvalue weighted by Crippen LogP contribution is -2.21. The Morgan fingerprint density at radius 2 is 2.45 bits per heavy atom. The highest BCUT2D eigenvalue weighted by Gasteiger charge is 2.13. The summed E-state index contributed by atoms with van der Waals surface area (Å²) in [5.74, 6) is 0.843. The molecule has 0 bridgehead atoms. The van der Waals surface area contributed by atoms with E-state index in [4.69, 9.17) is 4.74 Å². The van der Waals surface area contributed by atoms with Gasteiger partial charge in [0.1, 0.15) is 0 Å². The third kappa shape index (κ3) is 3.77. The Morgan fingerprint density at radius 1 is 1.64 bits per heavy atom. The van der Waals surface area contributed by atoms with Crippen LogP contribution in [0.4, 0.5) is 0 Å². The lowest BCUT2D eigenvalue weighted by atomic mass is 10.1. The maximum Gasteiger partial charge on any atom is 0.185 e. The van der Waals surface area contributed by atoms with Crippen molar-refractivity contribution in [3.63, 3.8) is 0 Å². The summed E-state index contributed by atoms with van der Waals surface area (Å²) >= 11 is 1.37. The third-order valence-corrected chi connectivity index (χ3v) is 2.69. The van der Waals surface area contributed by atoms with Gasteiger partial charge in [-0.25, -0.2) is 0 Å². The first-order chi connectivity index (χ1) is 5.29. The van der Waals surface area contributed by atoms with Crippen molar-refractivity contribution in [3.8, 4) is 0 Å². The highest BCUT2D eigenvalue weighted by atomic mass is 32.2. The summed E-state index contributed by atoms with van der Waals surface area (Å²) in [7, 11) is 0. The molecule has 0 aromatic rings. The Hall–Kier alpha value is -0.0200. The summed E-state index contributed by atoms with van der Waals surface area (Å²) in [5, 5.41) is 0.194. The van der Waals surface area contributed by atoms with Crippen LogP contribution in [0.25, 0.3) is 0 Å². The Kier molecular flexibility index (Phi) is 3.94. The van der Waals surface area contributed by atoms with Gasteiger partial charge in [0.25, 0.3) is 0 Å². The zero-order valence-electron chi connectivity index (χ0n) is 6.84. The van der Waals surface area contributed by atoms with Crippen molar-refractivity contribution < 1.29 is 9.53 Å². The molecule has 1 aliphatic heterocycles. The van der Waals surface area contributed by atoms with Crippen LogP contribution in [0.5, 0.6) is 0 Å². The Morgan fingerprint density at radius 3 is 3.00 bits per heavy atom. The minimum absolute atomic E-state index is 0.194. The predicted octanol–water partition coefficient (Wildman–Crippen LogP) is 1.84. The molecule has 64 valence electrons. The van der Waals surface area contributed by atoms with Crippen molar-refractivity contribution in [1.82, 2.24) is 0 Å². The second-order valence-electron chi connectivity index (χ2n) is 2.79. The van der Waals surface area contributed by atoms with E-state index in [2.05, 4.69) is 0 Å². The molecule has 0 unspecified atom stereocenters. The normalized spacial score (nSPS) is 25.0. The van der Waals surface area contributed by atoms with Gasteiger partial charge in [0.2, 0.25) is 0 Å². The number of thioether (sulfide) groups is 1. The fourth-order valence-corrected chi connectivity index (χ4v) is 1.83. The quantitative estimate of drug-likeness (QED) is 0.639. The zero-order valence-corrected chi connectivity index (χ0v) is 7.65. The van der Waals surface area contributed by atoms with E-state index in [1.165, 1.54) is 24.6 Å². The summed E-state index contributed by atoms with van der Waals surface area (Å²) < 4.78 is 5.46. The predicted molar refractivity (Wildman–Crippen MR) is 46.7 cm³/mol. The van der Waals surface area contributed by atoms with Gasteiger partial charge >= 0.3 is 0 Å². The molecule has 0 aromatic heterocycles. The molecule has 3 heteroatoms. The van der Waals surface area contributed by atoms with Crippen LogP contribution in [-0.2, 0) is 9.53 Å². The number of carbonyl (C=O) groups excluding carboxylic acids is 1. The summed E-state index contributed by atoms with van der Waals surface area (Å²) in [6, 6.07) is 0. The van der Waals surface area contributed by atoms with Crippen LogP contribution in [0.2, 0.25) is 0 Å². The van der Waals surface area contributed by atoms with Crippen LogP contribution >= 0.6 is 11.8 Å². The molecule has 0 aliphatic carbocycles. The van der Waals surface area contributed by atoms with Crippen molar-refractivity contribution in [3.05, 3.63) is 0 Å². The minimum atomic E-state index is 0.194. The first-order valence-electron chi connectivity index (χ1n) is 4.04. The molecule has 0 aromatic carbocycles. The molecule has 0 N–H and O–H groups in total. The number of hydrogen-bond donors (Lipinski definition) is 0. The van der Waals surface area contributed by atoms with E-state index in [9.17, 15) is 4.79 Å². The Balaban J connectivity index is 2.09. The van der Waals surface area contributed by atoms with Crippen molar-refractivity contribution >= 4 is 16.9 Å². The standard InChI is InChI=1S/C8H14O2S/c1-7(9)11-6-8-4-2-3-5-10-8/h8H,2-6H2,1H3/t8-/m1/s1. The van der Waals surface area contributed by atoms with E-state index in [1.807, 2.05) is 0 Å². The molecule has 0 spiro atoms. The maximum absolute atomic E-state index is 10.6. The average molecular weight is 174 g/mol. The summed E-state index contributed by atoms with van der Waals surface area (Å²) in [5.41, 5.74) is 0. The van der Waals surface area contributed by atoms with Gasteiger partial charge in [0.15, 0.2) is 5.12 Å². The molecular weight excluding hydrogens is 160 g/mol. The largest absolute Gasteiger partial charge is 0.377 e. The van der Waals surface area contributed by atoms with Crippen LogP contribution in [0.1, 0.15) is 26.2 Å². The summed E-state index contributed by atoms with van der Waals surface area (Å²) in [6.07, 6.45) is 3.89. The van der Waals surface area contributed by atoms with Gasteiger partial charge in [0, 0.05) is 19.3 Å². The second-order valence-corrected chi connectivity index (χ2v) is 3.99. The number of rotatable bonds is 2. The Bertz CT molecular complexity index is 130. The molecule has 0 radical (unpaired) electrons. The highest BCUT2D eigenvalue weighted by Crippen LogP contribution is 2.17. The van der Waals surface area contributed by atoms with E-state index < -0.39 is 0 Å². The van der Waals surface area contributed by atoms with Crippen molar-refractivity contribution in [2.45, 2.75) is 32.3 Å². The van der Waals surface area contributed by atoms with Crippen LogP contribution in [-0.4, -0.2) is 23.6 Å². The fourth-order valence-electron chi connectivity index (χ4n) is 1.15. The lowest BCUT2D eigenvalue weighted by molar-refractivity contribution is -0.109.